The van der Waals surface area contributed by atoms with Gasteiger partial charge in [-0.2, -0.15) is 0 Å². The molecule has 0 amide bonds. The predicted octanol–water partition coefficient (Wildman–Crippen LogP) is 3.06. The first-order valence-corrected chi connectivity index (χ1v) is 6.30. The van der Waals surface area contributed by atoms with Gasteiger partial charge in [0.25, 0.3) is 0 Å². The molecule has 1 aromatic heterocycles. The molecule has 88 valence electrons. The molecule has 1 aliphatic carbocycles. The van der Waals surface area contributed by atoms with E-state index in [0.29, 0.717) is 5.41 Å². The Labute approximate surface area is 98.5 Å². The van der Waals surface area contributed by atoms with E-state index in [1.54, 1.807) is 0 Å². The number of aromatic nitrogens is 1. The van der Waals surface area contributed by atoms with Crippen LogP contribution in [-0.4, -0.2) is 11.5 Å². The van der Waals surface area contributed by atoms with Crippen LogP contribution < -0.4 is 5.32 Å². The van der Waals surface area contributed by atoms with E-state index < -0.39 is 0 Å². The molecule has 2 nitrogen and oxygen atoms in total. The van der Waals surface area contributed by atoms with Gasteiger partial charge in [0.05, 0.1) is 5.69 Å². The van der Waals surface area contributed by atoms with Gasteiger partial charge in [0.1, 0.15) is 0 Å². The highest BCUT2D eigenvalue weighted by Gasteiger charge is 2.27. The normalized spacial score (nSPS) is 18.9. The van der Waals surface area contributed by atoms with Crippen LogP contribution in [0.1, 0.15) is 43.9 Å². The van der Waals surface area contributed by atoms with E-state index >= 15 is 0 Å². The lowest BCUT2D eigenvalue weighted by Gasteiger charge is -2.23. The molecule has 16 heavy (non-hydrogen) atoms. The first-order chi connectivity index (χ1) is 7.68. The molecule has 2 rings (SSSR count). The maximum Gasteiger partial charge on any atom is 0.0541 e. The minimum absolute atomic E-state index is 0.532. The summed E-state index contributed by atoms with van der Waals surface area (Å²) in [5.41, 5.74) is 2.91. The van der Waals surface area contributed by atoms with E-state index in [1.165, 1.54) is 31.2 Å². The number of nitrogens with zero attached hydrogens (tertiary/aromatic N) is 1. The van der Waals surface area contributed by atoms with Crippen molar-refractivity contribution in [3.63, 3.8) is 0 Å². The molecule has 0 spiro atoms. The molecule has 1 heterocycles. The lowest BCUT2D eigenvalue weighted by Crippen LogP contribution is -2.29. The Balaban J connectivity index is 1.77. The SMILES string of the molecule is Cc1ccc(CNCC2(C)CCCC2)nc1. The largest absolute Gasteiger partial charge is 0.311 e. The molecule has 0 aromatic carbocycles. The van der Waals surface area contributed by atoms with Crippen molar-refractivity contribution in [3.05, 3.63) is 29.6 Å². The zero-order valence-electron chi connectivity index (χ0n) is 10.4. The Morgan fingerprint density at radius 1 is 1.31 bits per heavy atom. The number of rotatable bonds is 4. The average molecular weight is 218 g/mol. The van der Waals surface area contributed by atoms with Gasteiger partial charge in [0.15, 0.2) is 0 Å². The molecule has 1 fully saturated rings. The van der Waals surface area contributed by atoms with Crippen molar-refractivity contribution >= 4 is 0 Å². The van der Waals surface area contributed by atoms with Gasteiger partial charge in [-0.3, -0.25) is 4.98 Å². The Bertz CT molecular complexity index is 323. The molecule has 0 aliphatic heterocycles. The monoisotopic (exact) mass is 218 g/mol. The summed E-state index contributed by atoms with van der Waals surface area (Å²) in [6, 6.07) is 4.24. The highest BCUT2D eigenvalue weighted by atomic mass is 14.9. The first-order valence-electron chi connectivity index (χ1n) is 6.30. The fraction of sp³-hybridized carbons (Fsp3) is 0.643. The molecular weight excluding hydrogens is 196 g/mol. The van der Waals surface area contributed by atoms with Crippen LogP contribution in [0.5, 0.6) is 0 Å². The predicted molar refractivity (Wildman–Crippen MR) is 67.3 cm³/mol. The number of nitrogens with one attached hydrogen (secondary N) is 1. The second-order valence-electron chi connectivity index (χ2n) is 5.45. The number of hydrogen-bond donors (Lipinski definition) is 1. The second kappa shape index (κ2) is 4.96. The summed E-state index contributed by atoms with van der Waals surface area (Å²) < 4.78 is 0. The fourth-order valence-electron chi connectivity index (χ4n) is 2.50. The molecule has 1 aliphatic rings. The molecule has 0 saturated heterocycles. The van der Waals surface area contributed by atoms with Crippen molar-refractivity contribution in [2.45, 2.75) is 46.1 Å². The third kappa shape index (κ3) is 3.05. The van der Waals surface area contributed by atoms with Crippen LogP contribution in [0.25, 0.3) is 0 Å². The van der Waals surface area contributed by atoms with Crippen LogP contribution in [0.4, 0.5) is 0 Å². The Kier molecular flexibility index (Phi) is 3.59. The van der Waals surface area contributed by atoms with E-state index in [4.69, 9.17) is 0 Å². The lowest BCUT2D eigenvalue weighted by atomic mass is 9.89. The zero-order chi connectivity index (χ0) is 11.4. The fourth-order valence-corrected chi connectivity index (χ4v) is 2.50. The molecule has 0 unspecified atom stereocenters. The van der Waals surface area contributed by atoms with Crippen molar-refractivity contribution in [2.24, 2.45) is 5.41 Å². The summed E-state index contributed by atoms with van der Waals surface area (Å²) in [4.78, 5) is 4.40. The zero-order valence-corrected chi connectivity index (χ0v) is 10.4. The quantitative estimate of drug-likeness (QED) is 0.840. The average Bonchev–Trinajstić information content (AvgIpc) is 2.69. The Hall–Kier alpha value is -0.890. The van der Waals surface area contributed by atoms with Gasteiger partial charge in [0, 0.05) is 19.3 Å². The van der Waals surface area contributed by atoms with Crippen molar-refractivity contribution < 1.29 is 0 Å². The highest BCUT2D eigenvalue weighted by molar-refractivity contribution is 5.11. The third-order valence-corrected chi connectivity index (χ3v) is 3.64. The summed E-state index contributed by atoms with van der Waals surface area (Å²) in [5.74, 6) is 0. The molecule has 2 heteroatoms. The highest BCUT2D eigenvalue weighted by Crippen LogP contribution is 2.36. The van der Waals surface area contributed by atoms with E-state index in [-0.39, 0.29) is 0 Å². The number of hydrogen-bond acceptors (Lipinski definition) is 2. The molecule has 0 radical (unpaired) electrons. The number of aryl methyl sites for hydroxylation is 1. The Morgan fingerprint density at radius 2 is 2.06 bits per heavy atom. The van der Waals surface area contributed by atoms with Crippen LogP contribution in [0.2, 0.25) is 0 Å². The van der Waals surface area contributed by atoms with E-state index in [9.17, 15) is 0 Å². The van der Waals surface area contributed by atoms with Crippen molar-refractivity contribution in [1.29, 1.82) is 0 Å². The summed E-state index contributed by atoms with van der Waals surface area (Å²) >= 11 is 0. The minimum atomic E-state index is 0.532. The number of pyridine rings is 1. The molecule has 0 bridgehead atoms. The molecule has 1 N–H and O–H groups in total. The summed E-state index contributed by atoms with van der Waals surface area (Å²) in [5, 5.41) is 3.54. The molecule has 1 aromatic rings. The van der Waals surface area contributed by atoms with Gasteiger partial charge >= 0.3 is 0 Å². The molecule has 1 saturated carbocycles. The first kappa shape index (κ1) is 11.6. The maximum absolute atomic E-state index is 4.40. The van der Waals surface area contributed by atoms with Gasteiger partial charge in [0.2, 0.25) is 0 Å². The van der Waals surface area contributed by atoms with Crippen molar-refractivity contribution in [2.75, 3.05) is 6.54 Å². The third-order valence-electron chi connectivity index (χ3n) is 3.64. The van der Waals surface area contributed by atoms with Crippen LogP contribution >= 0.6 is 0 Å². The second-order valence-corrected chi connectivity index (χ2v) is 5.45. The summed E-state index contributed by atoms with van der Waals surface area (Å²) in [6.45, 7) is 6.50. The Morgan fingerprint density at radius 3 is 2.69 bits per heavy atom. The standard InChI is InChI=1S/C14H22N2/c1-12-5-6-13(16-9-12)10-15-11-14(2)7-3-4-8-14/h5-6,9,15H,3-4,7-8,10-11H2,1-2H3. The van der Waals surface area contributed by atoms with Gasteiger partial charge in [-0.25, -0.2) is 0 Å². The molecule has 0 atom stereocenters. The van der Waals surface area contributed by atoms with Gasteiger partial charge in [-0.15, -0.1) is 0 Å². The summed E-state index contributed by atoms with van der Waals surface area (Å²) in [6.07, 6.45) is 7.50. The topological polar surface area (TPSA) is 24.9 Å². The smallest absolute Gasteiger partial charge is 0.0541 e. The van der Waals surface area contributed by atoms with Crippen LogP contribution in [0.15, 0.2) is 18.3 Å². The van der Waals surface area contributed by atoms with Crippen LogP contribution in [-0.2, 0) is 6.54 Å². The summed E-state index contributed by atoms with van der Waals surface area (Å²) in [7, 11) is 0. The maximum atomic E-state index is 4.40. The van der Waals surface area contributed by atoms with E-state index in [0.717, 1.165) is 18.8 Å². The van der Waals surface area contributed by atoms with Crippen LogP contribution in [0.3, 0.4) is 0 Å². The minimum Gasteiger partial charge on any atom is -0.311 e. The van der Waals surface area contributed by atoms with E-state index in [1.807, 2.05) is 6.20 Å². The van der Waals surface area contributed by atoms with Crippen molar-refractivity contribution in [3.8, 4) is 0 Å². The lowest BCUT2D eigenvalue weighted by molar-refractivity contribution is 0.314. The van der Waals surface area contributed by atoms with Crippen molar-refractivity contribution in [1.82, 2.24) is 10.3 Å². The van der Waals surface area contributed by atoms with Crippen LogP contribution in [0, 0.1) is 12.3 Å². The van der Waals surface area contributed by atoms with E-state index in [2.05, 4.69) is 36.3 Å². The van der Waals surface area contributed by atoms with Gasteiger partial charge in [-0.05, 0) is 36.8 Å². The van der Waals surface area contributed by atoms with Gasteiger partial charge in [-0.1, -0.05) is 25.8 Å². The van der Waals surface area contributed by atoms with Gasteiger partial charge < -0.3 is 5.32 Å². The molecular formula is C14H22N2.